The summed E-state index contributed by atoms with van der Waals surface area (Å²) in [6, 6.07) is 5.25. The molecule has 0 aromatic heterocycles. The van der Waals surface area contributed by atoms with Crippen LogP contribution in [0.3, 0.4) is 0 Å². The van der Waals surface area contributed by atoms with Gasteiger partial charge in [-0.25, -0.2) is 0 Å². The lowest BCUT2D eigenvalue weighted by Gasteiger charge is -2.26. The van der Waals surface area contributed by atoms with E-state index in [0.717, 1.165) is 25.5 Å². The number of carbonyl (C=O) groups is 1. The topological polar surface area (TPSA) is 35.5 Å². The first-order valence-corrected chi connectivity index (χ1v) is 9.22. The Kier molecular flexibility index (Phi) is 8.95. The van der Waals surface area contributed by atoms with Crippen LogP contribution in [0.25, 0.3) is 0 Å². The molecule has 0 aliphatic carbocycles. The second-order valence-corrected chi connectivity index (χ2v) is 7.27. The van der Waals surface area contributed by atoms with Gasteiger partial charge < -0.3 is 9.47 Å². The molecule has 0 atom stereocenters. The number of benzene rings is 1. The summed E-state index contributed by atoms with van der Waals surface area (Å²) in [4.78, 5) is 11.0. The van der Waals surface area contributed by atoms with Crippen molar-refractivity contribution in [1.82, 2.24) is 0 Å². The molecule has 1 rings (SSSR count). The first-order valence-electron chi connectivity index (χ1n) is 9.22. The maximum absolute atomic E-state index is 11.0. The maximum atomic E-state index is 11.0. The molecule has 26 heavy (non-hydrogen) atoms. The highest BCUT2D eigenvalue weighted by Crippen LogP contribution is 2.32. The lowest BCUT2D eigenvalue weighted by Crippen LogP contribution is -2.27. The van der Waals surface area contributed by atoms with Crippen molar-refractivity contribution in [3.05, 3.63) is 52.8 Å². The van der Waals surface area contributed by atoms with E-state index in [0.29, 0.717) is 23.7 Å². The van der Waals surface area contributed by atoms with E-state index in [-0.39, 0.29) is 0 Å². The molecule has 142 valence electrons. The Bertz CT molecular complexity index is 685. The third kappa shape index (κ3) is 8.22. The Morgan fingerprint density at radius 2 is 1.92 bits per heavy atom. The van der Waals surface area contributed by atoms with Gasteiger partial charge in [0.05, 0.1) is 6.61 Å². The van der Waals surface area contributed by atoms with E-state index in [4.69, 9.17) is 9.47 Å². The van der Waals surface area contributed by atoms with Crippen molar-refractivity contribution < 1.29 is 14.3 Å². The molecule has 0 amide bonds. The summed E-state index contributed by atoms with van der Waals surface area (Å²) in [5.74, 6) is 1.25. The molecule has 0 aliphatic rings. The zero-order valence-corrected chi connectivity index (χ0v) is 17.0. The van der Waals surface area contributed by atoms with Gasteiger partial charge >= 0.3 is 0 Å². The second kappa shape index (κ2) is 10.7. The van der Waals surface area contributed by atoms with Gasteiger partial charge in [0.25, 0.3) is 0 Å². The molecule has 0 fully saturated rings. The van der Waals surface area contributed by atoms with Crippen molar-refractivity contribution in [1.29, 1.82) is 0 Å². The van der Waals surface area contributed by atoms with Crippen molar-refractivity contribution in [2.45, 2.75) is 66.4 Å². The normalized spacial score (nSPS) is 10.5. The molecule has 3 nitrogen and oxygen atoms in total. The minimum absolute atomic E-state index is 0.401. The van der Waals surface area contributed by atoms with Gasteiger partial charge in [0.1, 0.15) is 11.9 Å². The Balaban J connectivity index is 2.78. The molecule has 0 heterocycles. The van der Waals surface area contributed by atoms with Crippen LogP contribution in [-0.4, -0.2) is 18.5 Å². The highest BCUT2D eigenvalue weighted by atomic mass is 16.5. The van der Waals surface area contributed by atoms with Gasteiger partial charge in [-0.05, 0) is 84.2 Å². The molecule has 0 saturated heterocycles. The molecule has 0 saturated carbocycles. The molecule has 0 unspecified atom stereocenters. The fourth-order valence-corrected chi connectivity index (χ4v) is 2.41. The Morgan fingerprint density at radius 1 is 1.19 bits per heavy atom. The summed E-state index contributed by atoms with van der Waals surface area (Å²) in [7, 11) is 0. The molecule has 1 aromatic carbocycles. The van der Waals surface area contributed by atoms with E-state index < -0.39 is 5.60 Å². The number of ether oxygens (including phenoxy) is 2. The van der Waals surface area contributed by atoms with Crippen LogP contribution in [0.5, 0.6) is 11.5 Å². The van der Waals surface area contributed by atoms with E-state index in [1.807, 2.05) is 26.8 Å². The molecule has 1 aromatic rings. The van der Waals surface area contributed by atoms with E-state index in [1.54, 1.807) is 18.2 Å². The van der Waals surface area contributed by atoms with Crippen LogP contribution in [0.1, 0.15) is 71.2 Å². The Morgan fingerprint density at radius 3 is 2.54 bits per heavy atom. The molecule has 0 N–H and O–H groups in total. The molecular formula is C23H32O3. The molecular weight excluding hydrogens is 324 g/mol. The van der Waals surface area contributed by atoms with Gasteiger partial charge in [-0.15, -0.1) is 5.73 Å². The molecule has 0 spiro atoms. The Labute approximate surface area is 158 Å². The molecule has 0 aliphatic heterocycles. The van der Waals surface area contributed by atoms with Gasteiger partial charge in [-0.1, -0.05) is 11.6 Å². The zero-order valence-electron chi connectivity index (χ0n) is 17.0. The number of allylic oxidation sites excluding steroid dienone is 2. The first kappa shape index (κ1) is 21.8. The number of hydrogen-bond donors (Lipinski definition) is 0. The van der Waals surface area contributed by atoms with Crippen LogP contribution in [0, 0.1) is 0 Å². The van der Waals surface area contributed by atoms with Crippen molar-refractivity contribution >= 4 is 6.29 Å². The summed E-state index contributed by atoms with van der Waals surface area (Å²) < 4.78 is 11.8. The van der Waals surface area contributed by atoms with Crippen LogP contribution in [-0.2, 0) is 0 Å². The first-order chi connectivity index (χ1) is 12.3. The van der Waals surface area contributed by atoms with Gasteiger partial charge in [-0.3, -0.25) is 4.79 Å². The van der Waals surface area contributed by atoms with Crippen LogP contribution >= 0.6 is 0 Å². The lowest BCUT2D eigenvalue weighted by molar-refractivity contribution is 0.107. The fourth-order valence-electron chi connectivity index (χ4n) is 2.41. The molecule has 0 bridgehead atoms. The zero-order chi connectivity index (χ0) is 19.6. The van der Waals surface area contributed by atoms with E-state index in [1.165, 1.54) is 11.1 Å². The SMILES string of the molecule is CCOc1cc(C=O)ccc1OC(C)(C)CC=C=C(C)CCC=C(C)C. The third-order valence-electron chi connectivity index (χ3n) is 3.80. The largest absolute Gasteiger partial charge is 0.490 e. The quantitative estimate of drug-likeness (QED) is 0.281. The maximum Gasteiger partial charge on any atom is 0.162 e. The summed E-state index contributed by atoms with van der Waals surface area (Å²) in [5, 5.41) is 0. The fraction of sp³-hybridized carbons (Fsp3) is 0.478. The van der Waals surface area contributed by atoms with E-state index in [2.05, 4.69) is 32.6 Å². The van der Waals surface area contributed by atoms with Crippen LogP contribution in [0.15, 0.2) is 47.2 Å². The standard InChI is InChI=1S/C23H32O3/c1-7-25-22-16-20(17-24)13-14-21(22)26-23(5,6)15-9-12-19(4)11-8-10-18(2)3/h9-10,13-14,16-17H,7-8,11,15H2,1-6H3. The minimum Gasteiger partial charge on any atom is -0.490 e. The Hall–Kier alpha value is -2.25. The van der Waals surface area contributed by atoms with Gasteiger partial charge in [0, 0.05) is 12.0 Å². The third-order valence-corrected chi connectivity index (χ3v) is 3.80. The van der Waals surface area contributed by atoms with Crippen molar-refractivity contribution in [3.8, 4) is 11.5 Å². The lowest BCUT2D eigenvalue weighted by atomic mass is 10.0. The van der Waals surface area contributed by atoms with Gasteiger partial charge in [0.15, 0.2) is 11.5 Å². The summed E-state index contributed by atoms with van der Waals surface area (Å²) in [6.45, 7) is 12.8. The molecule has 0 radical (unpaired) electrons. The van der Waals surface area contributed by atoms with Crippen LogP contribution in [0.2, 0.25) is 0 Å². The molecule has 3 heteroatoms. The highest BCUT2D eigenvalue weighted by Gasteiger charge is 2.20. The number of aldehydes is 1. The summed E-state index contributed by atoms with van der Waals surface area (Å²) in [6.07, 6.45) is 7.89. The predicted octanol–water partition coefficient (Wildman–Crippen LogP) is 6.29. The van der Waals surface area contributed by atoms with Gasteiger partial charge in [-0.2, -0.15) is 0 Å². The number of carbonyl (C=O) groups excluding carboxylic acids is 1. The van der Waals surface area contributed by atoms with E-state index in [9.17, 15) is 4.79 Å². The number of rotatable bonds is 10. The highest BCUT2D eigenvalue weighted by molar-refractivity contribution is 5.76. The summed E-state index contributed by atoms with van der Waals surface area (Å²) in [5.41, 5.74) is 6.13. The predicted molar refractivity (Wildman–Crippen MR) is 108 cm³/mol. The van der Waals surface area contributed by atoms with Crippen LogP contribution in [0.4, 0.5) is 0 Å². The van der Waals surface area contributed by atoms with Crippen molar-refractivity contribution in [2.75, 3.05) is 6.61 Å². The van der Waals surface area contributed by atoms with E-state index >= 15 is 0 Å². The second-order valence-electron chi connectivity index (χ2n) is 7.27. The average molecular weight is 357 g/mol. The van der Waals surface area contributed by atoms with Crippen molar-refractivity contribution in [3.63, 3.8) is 0 Å². The van der Waals surface area contributed by atoms with Crippen LogP contribution < -0.4 is 9.47 Å². The summed E-state index contributed by atoms with van der Waals surface area (Å²) >= 11 is 0. The number of hydrogen-bond acceptors (Lipinski definition) is 3. The smallest absolute Gasteiger partial charge is 0.162 e. The van der Waals surface area contributed by atoms with Crippen molar-refractivity contribution in [2.24, 2.45) is 0 Å². The van der Waals surface area contributed by atoms with Gasteiger partial charge in [0.2, 0.25) is 0 Å². The monoisotopic (exact) mass is 356 g/mol. The minimum atomic E-state index is -0.401. The average Bonchev–Trinajstić information content (AvgIpc) is 2.56.